The van der Waals surface area contributed by atoms with Crippen LogP contribution in [0.2, 0.25) is 0 Å². The van der Waals surface area contributed by atoms with Crippen molar-refractivity contribution in [3.05, 3.63) is 57.9 Å². The largest absolute Gasteiger partial charge is 0.352 e. The molecule has 128 valence electrons. The summed E-state index contributed by atoms with van der Waals surface area (Å²) in [7, 11) is -3.61. The van der Waals surface area contributed by atoms with E-state index in [4.69, 9.17) is 12.2 Å². The van der Waals surface area contributed by atoms with E-state index in [0.29, 0.717) is 15.8 Å². The molecule has 0 aliphatic carbocycles. The molecule has 24 heavy (non-hydrogen) atoms. The zero-order valence-electron chi connectivity index (χ0n) is 13.4. The van der Waals surface area contributed by atoms with E-state index < -0.39 is 10.0 Å². The lowest BCUT2D eigenvalue weighted by Gasteiger charge is -2.11. The highest BCUT2D eigenvalue weighted by Crippen LogP contribution is 2.16. The maximum Gasteiger partial charge on any atom is 0.254 e. The minimum absolute atomic E-state index is 0.0881. The van der Waals surface area contributed by atoms with Gasteiger partial charge in [-0.3, -0.25) is 4.79 Å². The third-order valence-corrected chi connectivity index (χ3v) is 5.34. The van der Waals surface area contributed by atoms with E-state index in [0.717, 1.165) is 5.56 Å². The average Bonchev–Trinajstić information content (AvgIpc) is 2.54. The zero-order valence-corrected chi connectivity index (χ0v) is 15.1. The van der Waals surface area contributed by atoms with Gasteiger partial charge >= 0.3 is 0 Å². The predicted molar refractivity (Wildman–Crippen MR) is 95.1 cm³/mol. The molecular formula is C16H19N3O3S2. The summed E-state index contributed by atoms with van der Waals surface area (Å²) < 4.78 is 27.5. The lowest BCUT2D eigenvalue weighted by atomic mass is 10.2. The first-order chi connectivity index (χ1) is 11.3. The summed E-state index contributed by atoms with van der Waals surface area (Å²) in [5, 5.41) is 2.64. The van der Waals surface area contributed by atoms with E-state index in [-0.39, 0.29) is 23.9 Å². The summed E-state index contributed by atoms with van der Waals surface area (Å²) >= 11 is 5.03. The van der Waals surface area contributed by atoms with Crippen molar-refractivity contribution in [1.29, 1.82) is 0 Å². The number of sulfonamides is 1. The second-order valence-corrected chi connectivity index (χ2v) is 7.48. The highest BCUT2D eigenvalue weighted by molar-refractivity contribution is 7.89. The maximum absolute atomic E-state index is 12.3. The van der Waals surface area contributed by atoms with Crippen LogP contribution >= 0.6 is 12.2 Å². The van der Waals surface area contributed by atoms with Crippen molar-refractivity contribution in [2.75, 3.05) is 13.1 Å². The first kappa shape index (κ1) is 18.3. The van der Waals surface area contributed by atoms with Crippen molar-refractivity contribution in [3.63, 3.8) is 0 Å². The summed E-state index contributed by atoms with van der Waals surface area (Å²) in [4.78, 5) is 15.0. The fraction of sp³-hybridized carbons (Fsp3) is 0.250. The average molecular weight is 365 g/mol. The first-order valence-electron chi connectivity index (χ1n) is 7.34. The molecule has 0 unspecified atom stereocenters. The van der Waals surface area contributed by atoms with E-state index in [2.05, 4.69) is 15.0 Å². The summed E-state index contributed by atoms with van der Waals surface area (Å²) in [5.74, 6) is -0.345. The van der Waals surface area contributed by atoms with Crippen molar-refractivity contribution in [2.45, 2.75) is 18.7 Å². The van der Waals surface area contributed by atoms with Gasteiger partial charge in [0.25, 0.3) is 5.91 Å². The molecule has 2 rings (SSSR count). The molecule has 0 aliphatic rings. The number of carbonyl (C=O) groups excluding carboxylic acids is 1. The Morgan fingerprint density at radius 3 is 2.67 bits per heavy atom. The molecule has 0 radical (unpaired) electrons. The van der Waals surface area contributed by atoms with Gasteiger partial charge in [-0.25, -0.2) is 13.1 Å². The quantitative estimate of drug-likeness (QED) is 0.540. The van der Waals surface area contributed by atoms with Gasteiger partial charge < -0.3 is 10.3 Å². The topological polar surface area (TPSA) is 91.1 Å². The van der Waals surface area contributed by atoms with Gasteiger partial charge in [0.2, 0.25) is 10.0 Å². The Hall–Kier alpha value is -2.03. The van der Waals surface area contributed by atoms with Crippen LogP contribution in [-0.2, 0) is 10.0 Å². The van der Waals surface area contributed by atoms with Crippen molar-refractivity contribution in [3.8, 4) is 0 Å². The number of hydrogen-bond acceptors (Lipinski definition) is 4. The number of rotatable bonds is 6. The molecule has 2 aromatic rings. The van der Waals surface area contributed by atoms with Crippen LogP contribution in [0.4, 0.5) is 0 Å². The Bertz CT molecular complexity index is 905. The van der Waals surface area contributed by atoms with E-state index in [9.17, 15) is 13.2 Å². The summed E-state index contributed by atoms with van der Waals surface area (Å²) in [6.07, 6.45) is 1.64. The van der Waals surface area contributed by atoms with Gasteiger partial charge in [0.05, 0.1) is 10.5 Å². The number of hydrogen-bond donors (Lipinski definition) is 3. The van der Waals surface area contributed by atoms with Crippen LogP contribution in [0.1, 0.15) is 21.5 Å². The summed E-state index contributed by atoms with van der Waals surface area (Å²) in [6, 6.07) is 8.53. The number of H-pyrrole nitrogens is 1. The minimum atomic E-state index is -3.61. The molecule has 0 saturated carbocycles. The predicted octanol–water partition coefficient (Wildman–Crippen LogP) is 2.07. The Morgan fingerprint density at radius 2 is 1.96 bits per heavy atom. The van der Waals surface area contributed by atoms with Crippen LogP contribution in [0, 0.1) is 18.5 Å². The smallest absolute Gasteiger partial charge is 0.254 e. The van der Waals surface area contributed by atoms with Crippen LogP contribution in [-0.4, -0.2) is 32.4 Å². The van der Waals surface area contributed by atoms with Crippen LogP contribution in [0.25, 0.3) is 0 Å². The lowest BCUT2D eigenvalue weighted by Crippen LogP contribution is -2.35. The van der Waals surface area contributed by atoms with Crippen molar-refractivity contribution < 1.29 is 13.2 Å². The molecule has 0 saturated heterocycles. The molecule has 0 fully saturated rings. The number of aromatic nitrogens is 1. The fourth-order valence-electron chi connectivity index (χ4n) is 2.13. The number of pyridine rings is 1. The number of amides is 1. The molecule has 0 aliphatic heterocycles. The third-order valence-electron chi connectivity index (χ3n) is 3.40. The molecule has 0 bridgehead atoms. The molecule has 3 N–H and O–H groups in total. The van der Waals surface area contributed by atoms with E-state index in [1.807, 2.05) is 13.0 Å². The number of aromatic amines is 1. The maximum atomic E-state index is 12.3. The Kier molecular flexibility index (Phi) is 5.87. The van der Waals surface area contributed by atoms with E-state index in [1.54, 1.807) is 37.4 Å². The molecular weight excluding hydrogens is 346 g/mol. The van der Waals surface area contributed by atoms with Crippen molar-refractivity contribution >= 4 is 28.1 Å². The number of nitrogens with one attached hydrogen (secondary N) is 3. The monoisotopic (exact) mass is 365 g/mol. The van der Waals surface area contributed by atoms with E-state index >= 15 is 0 Å². The van der Waals surface area contributed by atoms with Crippen molar-refractivity contribution in [2.24, 2.45) is 0 Å². The van der Waals surface area contributed by atoms with Crippen molar-refractivity contribution in [1.82, 2.24) is 15.0 Å². The normalized spacial score (nSPS) is 11.2. The zero-order chi connectivity index (χ0) is 17.7. The van der Waals surface area contributed by atoms with Gasteiger partial charge in [-0.1, -0.05) is 24.4 Å². The summed E-state index contributed by atoms with van der Waals surface area (Å²) in [5.41, 5.74) is 1.89. The minimum Gasteiger partial charge on any atom is -0.352 e. The van der Waals surface area contributed by atoms with E-state index in [1.165, 1.54) is 0 Å². The summed E-state index contributed by atoms with van der Waals surface area (Å²) in [6.45, 7) is 3.83. The highest BCUT2D eigenvalue weighted by atomic mass is 32.2. The molecule has 0 spiro atoms. The molecule has 1 aromatic carbocycles. The van der Waals surface area contributed by atoms with Gasteiger partial charge in [0, 0.05) is 19.3 Å². The number of carbonyl (C=O) groups is 1. The van der Waals surface area contributed by atoms with Gasteiger partial charge in [-0.05, 0) is 43.2 Å². The molecule has 0 atom stereocenters. The SMILES string of the molecule is Cc1ccc(C)c(S(=O)(=O)NCCNC(=O)c2ccc[nH]c2=S)c1. The highest BCUT2D eigenvalue weighted by Gasteiger charge is 2.16. The third kappa shape index (κ3) is 4.50. The first-order valence-corrected chi connectivity index (χ1v) is 9.23. The van der Waals surface area contributed by atoms with Gasteiger partial charge in [-0.2, -0.15) is 0 Å². The molecule has 1 heterocycles. The van der Waals surface area contributed by atoms with Gasteiger partial charge in [-0.15, -0.1) is 0 Å². The van der Waals surface area contributed by atoms with Crippen LogP contribution in [0.15, 0.2) is 41.4 Å². The number of benzene rings is 1. The second-order valence-electron chi connectivity index (χ2n) is 5.34. The second kappa shape index (κ2) is 7.69. The lowest BCUT2D eigenvalue weighted by molar-refractivity contribution is 0.0953. The fourth-order valence-corrected chi connectivity index (χ4v) is 3.72. The Labute approximate surface area is 146 Å². The standard InChI is InChI=1S/C16H19N3O3S2/c1-11-5-6-12(2)14(10-11)24(21,22)19-9-8-17-15(20)13-4-3-7-18-16(13)23/h3-7,10,19H,8-9H2,1-2H3,(H,17,20)(H,18,23). The van der Waals surface area contributed by atoms with Crippen LogP contribution in [0.5, 0.6) is 0 Å². The van der Waals surface area contributed by atoms with Gasteiger partial charge in [0.15, 0.2) is 0 Å². The number of aryl methyl sites for hydroxylation is 2. The Morgan fingerprint density at radius 1 is 1.21 bits per heavy atom. The molecule has 6 nitrogen and oxygen atoms in total. The Balaban J connectivity index is 1.94. The van der Waals surface area contributed by atoms with Gasteiger partial charge in [0.1, 0.15) is 4.64 Å². The molecule has 1 aromatic heterocycles. The van der Waals surface area contributed by atoms with Crippen LogP contribution in [0.3, 0.4) is 0 Å². The van der Waals surface area contributed by atoms with Crippen LogP contribution < -0.4 is 10.0 Å². The molecule has 8 heteroatoms. The molecule has 1 amide bonds.